The van der Waals surface area contributed by atoms with Crippen molar-refractivity contribution in [2.45, 2.75) is 20.4 Å². The van der Waals surface area contributed by atoms with Crippen molar-refractivity contribution < 1.29 is 0 Å². The highest BCUT2D eigenvalue weighted by atomic mass is 14.9. The molecule has 0 saturated carbocycles. The van der Waals surface area contributed by atoms with E-state index in [0.29, 0.717) is 12.1 Å². The van der Waals surface area contributed by atoms with Crippen LogP contribution in [-0.4, -0.2) is 4.98 Å². The highest BCUT2D eigenvalue weighted by Gasteiger charge is 2.04. The standard InChI is InChI=1S/C15H15N3/c1-11-4-3-5-15(14(11)8-16)18-10-13-7-6-12(2)17-9-13/h3-7,9,18H,10H2,1-2H3. The monoisotopic (exact) mass is 237 g/mol. The molecule has 1 aromatic heterocycles. The number of pyridine rings is 1. The summed E-state index contributed by atoms with van der Waals surface area (Å²) in [6.45, 7) is 4.58. The second-order valence-electron chi connectivity index (χ2n) is 4.27. The molecule has 0 unspecified atom stereocenters. The van der Waals surface area contributed by atoms with Crippen molar-refractivity contribution in [2.75, 3.05) is 5.32 Å². The Kier molecular flexibility index (Phi) is 3.59. The summed E-state index contributed by atoms with van der Waals surface area (Å²) in [5.74, 6) is 0. The number of nitrogens with one attached hydrogen (secondary N) is 1. The summed E-state index contributed by atoms with van der Waals surface area (Å²) in [5, 5.41) is 12.4. The average Bonchev–Trinajstić information content (AvgIpc) is 2.38. The van der Waals surface area contributed by atoms with E-state index in [-0.39, 0.29) is 0 Å². The fourth-order valence-electron chi connectivity index (χ4n) is 1.76. The normalized spacial score (nSPS) is 9.83. The molecule has 2 aromatic rings. The molecule has 1 heterocycles. The van der Waals surface area contributed by atoms with Gasteiger partial charge in [-0.25, -0.2) is 0 Å². The van der Waals surface area contributed by atoms with Crippen molar-refractivity contribution in [1.29, 1.82) is 5.26 Å². The van der Waals surface area contributed by atoms with Gasteiger partial charge in [0.05, 0.1) is 11.3 Å². The predicted octanol–water partition coefficient (Wildman–Crippen LogP) is 3.18. The second kappa shape index (κ2) is 5.33. The average molecular weight is 237 g/mol. The van der Waals surface area contributed by atoms with E-state index in [1.165, 1.54) is 0 Å². The molecule has 0 aliphatic heterocycles. The first-order valence-corrected chi connectivity index (χ1v) is 5.86. The molecule has 18 heavy (non-hydrogen) atoms. The highest BCUT2D eigenvalue weighted by molar-refractivity contribution is 5.60. The lowest BCUT2D eigenvalue weighted by atomic mass is 10.1. The summed E-state index contributed by atoms with van der Waals surface area (Å²) >= 11 is 0. The van der Waals surface area contributed by atoms with Gasteiger partial charge in [0.1, 0.15) is 6.07 Å². The van der Waals surface area contributed by atoms with Crippen LogP contribution in [-0.2, 0) is 6.54 Å². The van der Waals surface area contributed by atoms with Gasteiger partial charge >= 0.3 is 0 Å². The van der Waals surface area contributed by atoms with Crippen LogP contribution in [0.25, 0.3) is 0 Å². The van der Waals surface area contributed by atoms with Crippen LogP contribution >= 0.6 is 0 Å². The third kappa shape index (κ3) is 2.67. The number of nitrogens with zero attached hydrogens (tertiary/aromatic N) is 2. The van der Waals surface area contributed by atoms with Gasteiger partial charge in [-0.05, 0) is 37.1 Å². The Bertz CT molecular complexity index is 580. The fraction of sp³-hybridized carbons (Fsp3) is 0.200. The van der Waals surface area contributed by atoms with Gasteiger partial charge in [0.15, 0.2) is 0 Å². The predicted molar refractivity (Wildman–Crippen MR) is 72.2 cm³/mol. The number of anilines is 1. The van der Waals surface area contributed by atoms with Gasteiger partial charge in [-0.2, -0.15) is 5.26 Å². The Balaban J connectivity index is 2.14. The summed E-state index contributed by atoms with van der Waals surface area (Å²) in [6.07, 6.45) is 1.85. The molecule has 90 valence electrons. The van der Waals surface area contributed by atoms with E-state index < -0.39 is 0 Å². The molecule has 3 heteroatoms. The molecule has 0 fully saturated rings. The summed E-state index contributed by atoms with van der Waals surface area (Å²) in [4.78, 5) is 4.25. The van der Waals surface area contributed by atoms with Gasteiger partial charge in [-0.3, -0.25) is 4.98 Å². The Morgan fingerprint density at radius 2 is 2.06 bits per heavy atom. The van der Waals surface area contributed by atoms with Crippen LogP contribution in [0, 0.1) is 25.2 Å². The number of benzene rings is 1. The van der Waals surface area contributed by atoms with Gasteiger partial charge < -0.3 is 5.32 Å². The molecule has 0 atom stereocenters. The number of aryl methyl sites for hydroxylation is 2. The van der Waals surface area contributed by atoms with E-state index >= 15 is 0 Å². The van der Waals surface area contributed by atoms with Crippen LogP contribution in [0.1, 0.15) is 22.4 Å². The molecule has 0 bridgehead atoms. The first-order valence-electron chi connectivity index (χ1n) is 5.86. The van der Waals surface area contributed by atoms with Crippen LogP contribution in [0.5, 0.6) is 0 Å². The smallest absolute Gasteiger partial charge is 0.102 e. The van der Waals surface area contributed by atoms with Gasteiger partial charge in [0.2, 0.25) is 0 Å². The second-order valence-corrected chi connectivity index (χ2v) is 4.27. The molecule has 0 radical (unpaired) electrons. The minimum Gasteiger partial charge on any atom is -0.380 e. The Morgan fingerprint density at radius 1 is 1.22 bits per heavy atom. The van der Waals surface area contributed by atoms with Crippen molar-refractivity contribution in [2.24, 2.45) is 0 Å². The molecule has 2 rings (SSSR count). The largest absolute Gasteiger partial charge is 0.380 e. The van der Waals surface area contributed by atoms with Crippen LogP contribution in [0.3, 0.4) is 0 Å². The minimum absolute atomic E-state index is 0.672. The topological polar surface area (TPSA) is 48.7 Å². The van der Waals surface area contributed by atoms with Gasteiger partial charge in [0, 0.05) is 18.4 Å². The third-order valence-corrected chi connectivity index (χ3v) is 2.84. The molecular weight excluding hydrogens is 222 g/mol. The van der Waals surface area contributed by atoms with E-state index in [4.69, 9.17) is 5.26 Å². The zero-order valence-electron chi connectivity index (χ0n) is 10.6. The van der Waals surface area contributed by atoms with Crippen LogP contribution < -0.4 is 5.32 Å². The maximum atomic E-state index is 9.13. The number of nitriles is 1. The van der Waals surface area contributed by atoms with Crippen molar-refractivity contribution in [3.8, 4) is 6.07 Å². The molecule has 3 nitrogen and oxygen atoms in total. The van der Waals surface area contributed by atoms with E-state index in [0.717, 1.165) is 22.5 Å². The SMILES string of the molecule is Cc1ccc(CNc2cccc(C)c2C#N)cn1. The Hall–Kier alpha value is -2.34. The highest BCUT2D eigenvalue weighted by Crippen LogP contribution is 2.19. The van der Waals surface area contributed by atoms with E-state index in [1.54, 1.807) is 0 Å². The number of hydrogen-bond acceptors (Lipinski definition) is 3. The Labute approximate surface area is 107 Å². The van der Waals surface area contributed by atoms with E-state index in [2.05, 4.69) is 16.4 Å². The molecule has 0 spiro atoms. The lowest BCUT2D eigenvalue weighted by Gasteiger charge is -2.09. The number of hydrogen-bond donors (Lipinski definition) is 1. The molecule has 1 aromatic carbocycles. The van der Waals surface area contributed by atoms with Gasteiger partial charge in [-0.15, -0.1) is 0 Å². The lowest BCUT2D eigenvalue weighted by molar-refractivity contribution is 1.08. The summed E-state index contributed by atoms with van der Waals surface area (Å²) in [7, 11) is 0. The minimum atomic E-state index is 0.672. The van der Waals surface area contributed by atoms with Gasteiger partial charge in [-0.1, -0.05) is 18.2 Å². The van der Waals surface area contributed by atoms with E-state index in [9.17, 15) is 0 Å². The first kappa shape index (κ1) is 12.1. The van der Waals surface area contributed by atoms with Crippen molar-refractivity contribution in [3.05, 3.63) is 58.9 Å². The zero-order valence-corrected chi connectivity index (χ0v) is 10.6. The third-order valence-electron chi connectivity index (χ3n) is 2.84. The first-order chi connectivity index (χ1) is 8.70. The Morgan fingerprint density at radius 3 is 2.72 bits per heavy atom. The van der Waals surface area contributed by atoms with Crippen molar-refractivity contribution >= 4 is 5.69 Å². The lowest BCUT2D eigenvalue weighted by Crippen LogP contribution is -2.02. The van der Waals surface area contributed by atoms with Crippen LogP contribution in [0.4, 0.5) is 5.69 Å². The summed E-state index contributed by atoms with van der Waals surface area (Å²) in [5.41, 5.74) is 4.68. The van der Waals surface area contributed by atoms with Gasteiger partial charge in [0.25, 0.3) is 0 Å². The molecule has 0 aliphatic rings. The number of rotatable bonds is 3. The van der Waals surface area contributed by atoms with Crippen LogP contribution in [0.2, 0.25) is 0 Å². The molecule has 1 N–H and O–H groups in total. The maximum absolute atomic E-state index is 9.13. The molecule has 0 amide bonds. The summed E-state index contributed by atoms with van der Waals surface area (Å²) < 4.78 is 0. The zero-order chi connectivity index (χ0) is 13.0. The molecule has 0 aliphatic carbocycles. The van der Waals surface area contributed by atoms with Crippen molar-refractivity contribution in [1.82, 2.24) is 4.98 Å². The van der Waals surface area contributed by atoms with Crippen molar-refractivity contribution in [3.63, 3.8) is 0 Å². The summed E-state index contributed by atoms with van der Waals surface area (Å²) in [6, 6.07) is 12.1. The molecular formula is C15H15N3. The van der Waals surface area contributed by atoms with Crippen LogP contribution in [0.15, 0.2) is 36.5 Å². The number of aromatic nitrogens is 1. The maximum Gasteiger partial charge on any atom is 0.102 e. The quantitative estimate of drug-likeness (QED) is 0.891. The fourth-order valence-corrected chi connectivity index (χ4v) is 1.76. The van der Waals surface area contributed by atoms with E-state index in [1.807, 2.05) is 50.4 Å². The molecule has 0 saturated heterocycles.